The van der Waals surface area contributed by atoms with Gasteiger partial charge in [0, 0.05) is 11.6 Å². The van der Waals surface area contributed by atoms with E-state index < -0.39 is 0 Å². The molecule has 0 aliphatic heterocycles. The van der Waals surface area contributed by atoms with E-state index in [4.69, 9.17) is 5.73 Å². The molecule has 1 atom stereocenters. The SMILES string of the molecule is Cc1ccc(C(CO)c2cccc(N)c2)c(C)c1. The standard InChI is InChI=1S/C16H19NO/c1-11-6-7-15(12(2)8-11)16(10-18)13-4-3-5-14(17)9-13/h3-9,16,18H,10,17H2,1-2H3. The molecular weight excluding hydrogens is 222 g/mol. The number of aryl methyl sites for hydroxylation is 2. The molecule has 0 aliphatic carbocycles. The molecule has 2 aromatic rings. The molecule has 2 rings (SSSR count). The average Bonchev–Trinajstić information content (AvgIpc) is 2.33. The number of nitrogens with two attached hydrogens (primary N) is 1. The van der Waals surface area contributed by atoms with Crippen LogP contribution in [0.4, 0.5) is 5.69 Å². The first kappa shape index (κ1) is 12.7. The molecule has 0 aromatic heterocycles. The van der Waals surface area contributed by atoms with Gasteiger partial charge in [-0.05, 0) is 42.7 Å². The minimum Gasteiger partial charge on any atom is -0.399 e. The zero-order valence-electron chi connectivity index (χ0n) is 10.9. The quantitative estimate of drug-likeness (QED) is 0.811. The summed E-state index contributed by atoms with van der Waals surface area (Å²) in [5, 5.41) is 9.68. The summed E-state index contributed by atoms with van der Waals surface area (Å²) in [7, 11) is 0. The van der Waals surface area contributed by atoms with Gasteiger partial charge in [0.15, 0.2) is 0 Å². The third kappa shape index (κ3) is 2.54. The Hall–Kier alpha value is -1.80. The molecule has 0 heterocycles. The first-order valence-electron chi connectivity index (χ1n) is 6.15. The summed E-state index contributed by atoms with van der Waals surface area (Å²) >= 11 is 0. The van der Waals surface area contributed by atoms with Crippen molar-refractivity contribution in [1.29, 1.82) is 0 Å². The van der Waals surface area contributed by atoms with Crippen molar-refractivity contribution in [2.24, 2.45) is 0 Å². The Morgan fingerprint density at radius 1 is 1.11 bits per heavy atom. The van der Waals surface area contributed by atoms with Crippen LogP contribution in [0.25, 0.3) is 0 Å². The summed E-state index contributed by atoms with van der Waals surface area (Å²) in [5.74, 6) is -0.00546. The maximum Gasteiger partial charge on any atom is 0.0540 e. The van der Waals surface area contributed by atoms with E-state index in [1.54, 1.807) is 0 Å². The molecule has 0 radical (unpaired) electrons. The molecule has 0 saturated carbocycles. The smallest absolute Gasteiger partial charge is 0.0540 e. The van der Waals surface area contributed by atoms with Gasteiger partial charge >= 0.3 is 0 Å². The van der Waals surface area contributed by atoms with E-state index in [1.807, 2.05) is 24.3 Å². The Labute approximate surface area is 108 Å². The number of benzene rings is 2. The van der Waals surface area contributed by atoms with Crippen molar-refractivity contribution in [2.45, 2.75) is 19.8 Å². The normalized spacial score (nSPS) is 12.4. The fourth-order valence-electron chi connectivity index (χ4n) is 2.38. The number of nitrogen functional groups attached to an aromatic ring is 1. The second kappa shape index (κ2) is 5.23. The van der Waals surface area contributed by atoms with Crippen molar-refractivity contribution in [3.05, 3.63) is 64.7 Å². The van der Waals surface area contributed by atoms with Crippen LogP contribution in [0.3, 0.4) is 0 Å². The van der Waals surface area contributed by atoms with Gasteiger partial charge in [0.25, 0.3) is 0 Å². The fraction of sp³-hybridized carbons (Fsp3) is 0.250. The summed E-state index contributed by atoms with van der Waals surface area (Å²) in [6.45, 7) is 4.25. The van der Waals surface area contributed by atoms with Crippen molar-refractivity contribution >= 4 is 5.69 Å². The molecule has 0 bridgehead atoms. The fourth-order valence-corrected chi connectivity index (χ4v) is 2.38. The van der Waals surface area contributed by atoms with Crippen LogP contribution in [0, 0.1) is 13.8 Å². The van der Waals surface area contributed by atoms with Gasteiger partial charge < -0.3 is 10.8 Å². The predicted molar refractivity (Wildman–Crippen MR) is 75.7 cm³/mol. The summed E-state index contributed by atoms with van der Waals surface area (Å²) < 4.78 is 0. The maximum absolute atomic E-state index is 9.68. The van der Waals surface area contributed by atoms with E-state index in [-0.39, 0.29) is 12.5 Å². The zero-order chi connectivity index (χ0) is 13.1. The number of rotatable bonds is 3. The highest BCUT2D eigenvalue weighted by atomic mass is 16.3. The lowest BCUT2D eigenvalue weighted by Crippen LogP contribution is -2.08. The number of aliphatic hydroxyl groups is 1. The Morgan fingerprint density at radius 2 is 1.89 bits per heavy atom. The maximum atomic E-state index is 9.68. The molecule has 2 heteroatoms. The van der Waals surface area contributed by atoms with Crippen LogP contribution in [0.5, 0.6) is 0 Å². The first-order chi connectivity index (χ1) is 8.61. The van der Waals surface area contributed by atoms with Crippen molar-refractivity contribution < 1.29 is 5.11 Å². The molecule has 3 N–H and O–H groups in total. The monoisotopic (exact) mass is 241 g/mol. The van der Waals surface area contributed by atoms with E-state index in [2.05, 4.69) is 32.0 Å². The van der Waals surface area contributed by atoms with Crippen LogP contribution in [0.1, 0.15) is 28.2 Å². The lowest BCUT2D eigenvalue weighted by molar-refractivity contribution is 0.280. The Balaban J connectivity index is 2.45. The summed E-state index contributed by atoms with van der Waals surface area (Å²) in [4.78, 5) is 0. The summed E-state index contributed by atoms with van der Waals surface area (Å²) in [5.41, 5.74) is 11.2. The van der Waals surface area contributed by atoms with Crippen LogP contribution >= 0.6 is 0 Å². The lowest BCUT2D eigenvalue weighted by atomic mass is 9.88. The van der Waals surface area contributed by atoms with Gasteiger partial charge in [0.2, 0.25) is 0 Å². The van der Waals surface area contributed by atoms with Crippen molar-refractivity contribution in [1.82, 2.24) is 0 Å². The van der Waals surface area contributed by atoms with Gasteiger partial charge in [0.1, 0.15) is 0 Å². The van der Waals surface area contributed by atoms with E-state index in [1.165, 1.54) is 11.1 Å². The Kier molecular flexibility index (Phi) is 3.68. The third-order valence-electron chi connectivity index (χ3n) is 3.30. The lowest BCUT2D eigenvalue weighted by Gasteiger charge is -2.18. The van der Waals surface area contributed by atoms with Gasteiger partial charge in [-0.3, -0.25) is 0 Å². The number of aliphatic hydroxyl groups excluding tert-OH is 1. The third-order valence-corrected chi connectivity index (χ3v) is 3.30. The molecule has 94 valence electrons. The summed E-state index contributed by atoms with van der Waals surface area (Å²) in [6.07, 6.45) is 0. The molecule has 0 fully saturated rings. The summed E-state index contributed by atoms with van der Waals surface area (Å²) in [6, 6.07) is 14.0. The Bertz CT molecular complexity index is 549. The second-order valence-electron chi connectivity index (χ2n) is 4.77. The van der Waals surface area contributed by atoms with Crippen LogP contribution in [0.2, 0.25) is 0 Å². The van der Waals surface area contributed by atoms with E-state index >= 15 is 0 Å². The van der Waals surface area contributed by atoms with Crippen LogP contribution in [-0.2, 0) is 0 Å². The minimum absolute atomic E-state index is 0.00546. The highest BCUT2D eigenvalue weighted by Gasteiger charge is 2.15. The molecule has 0 spiro atoms. The topological polar surface area (TPSA) is 46.2 Å². The van der Waals surface area contributed by atoms with Crippen molar-refractivity contribution in [2.75, 3.05) is 12.3 Å². The van der Waals surface area contributed by atoms with Gasteiger partial charge in [-0.1, -0.05) is 35.9 Å². The highest BCUT2D eigenvalue weighted by Crippen LogP contribution is 2.28. The number of hydrogen-bond donors (Lipinski definition) is 2. The van der Waals surface area contributed by atoms with E-state index in [9.17, 15) is 5.11 Å². The van der Waals surface area contributed by atoms with E-state index in [0.29, 0.717) is 0 Å². The molecule has 1 unspecified atom stereocenters. The van der Waals surface area contributed by atoms with Crippen molar-refractivity contribution in [3.63, 3.8) is 0 Å². The molecule has 0 amide bonds. The van der Waals surface area contributed by atoms with Crippen molar-refractivity contribution in [3.8, 4) is 0 Å². The van der Waals surface area contributed by atoms with Gasteiger partial charge in [-0.15, -0.1) is 0 Å². The Morgan fingerprint density at radius 3 is 2.50 bits per heavy atom. The molecular formula is C16H19NO. The molecule has 18 heavy (non-hydrogen) atoms. The number of anilines is 1. The molecule has 2 aromatic carbocycles. The highest BCUT2D eigenvalue weighted by molar-refractivity contribution is 5.46. The number of hydrogen-bond acceptors (Lipinski definition) is 2. The second-order valence-corrected chi connectivity index (χ2v) is 4.77. The minimum atomic E-state index is -0.00546. The first-order valence-corrected chi connectivity index (χ1v) is 6.15. The zero-order valence-corrected chi connectivity index (χ0v) is 10.9. The van der Waals surface area contributed by atoms with Crippen LogP contribution in [-0.4, -0.2) is 11.7 Å². The predicted octanol–water partition coefficient (Wildman–Crippen LogP) is 3.01. The molecule has 2 nitrogen and oxygen atoms in total. The largest absolute Gasteiger partial charge is 0.399 e. The molecule has 0 saturated heterocycles. The van der Waals surface area contributed by atoms with Gasteiger partial charge in [0.05, 0.1) is 6.61 Å². The average molecular weight is 241 g/mol. The van der Waals surface area contributed by atoms with Gasteiger partial charge in [-0.2, -0.15) is 0 Å². The van der Waals surface area contributed by atoms with Crippen LogP contribution in [0.15, 0.2) is 42.5 Å². The van der Waals surface area contributed by atoms with Gasteiger partial charge in [-0.25, -0.2) is 0 Å². The van der Waals surface area contributed by atoms with E-state index in [0.717, 1.165) is 16.8 Å². The van der Waals surface area contributed by atoms with Crippen LogP contribution < -0.4 is 5.73 Å². The molecule has 0 aliphatic rings.